The van der Waals surface area contributed by atoms with E-state index in [1.54, 1.807) is 13.0 Å². The Balaban J connectivity index is 0.00000210. The molecule has 5 aliphatic rings. The molecular weight excluding hydrogens is 708 g/mol. The van der Waals surface area contributed by atoms with Crippen LogP contribution in [0.15, 0.2) is 30.3 Å². The van der Waals surface area contributed by atoms with Crippen LogP contribution in [-0.4, -0.2) is 107 Å². The molecule has 1 saturated carbocycles. The number of hydrogen-bond acceptors (Lipinski definition) is 11. The van der Waals surface area contributed by atoms with E-state index < -0.39 is 17.2 Å². The van der Waals surface area contributed by atoms with Gasteiger partial charge in [-0.05, 0) is 88.4 Å². The molecule has 13 heteroatoms. The lowest BCUT2D eigenvalue weighted by Gasteiger charge is -2.50. The van der Waals surface area contributed by atoms with Crippen molar-refractivity contribution in [1.82, 2.24) is 19.9 Å². The van der Waals surface area contributed by atoms with Gasteiger partial charge in [-0.3, -0.25) is 4.90 Å². The minimum Gasteiger partial charge on any atom is -0.508 e. The molecule has 2 bridgehead atoms. The molecule has 0 spiro atoms. The number of aliphatic hydroxyl groups is 1. The third-order valence-electron chi connectivity index (χ3n) is 12.4. The molecule has 1 aliphatic carbocycles. The average molecular weight is 762 g/mol. The first kappa shape index (κ1) is 38.0. The van der Waals surface area contributed by atoms with Gasteiger partial charge in [0.05, 0.1) is 45.7 Å². The number of methoxy groups -OCH3 is 1. The highest BCUT2D eigenvalue weighted by Crippen LogP contribution is 2.51. The van der Waals surface area contributed by atoms with Crippen LogP contribution >= 0.6 is 0 Å². The zero-order chi connectivity index (χ0) is 38.5. The highest BCUT2D eigenvalue weighted by Gasteiger charge is 2.51. The minimum atomic E-state index is -1.23. The van der Waals surface area contributed by atoms with E-state index in [1.807, 2.05) is 18.7 Å². The molecule has 4 aliphatic heterocycles. The Hall–Kier alpha value is -3.91. The van der Waals surface area contributed by atoms with Crippen LogP contribution < -0.4 is 14.4 Å². The van der Waals surface area contributed by atoms with Gasteiger partial charge in [-0.15, -0.1) is 0 Å². The molecule has 2 aromatic carbocycles. The molecule has 2 N–H and O–H groups in total. The van der Waals surface area contributed by atoms with Gasteiger partial charge in [0.1, 0.15) is 39.6 Å². The number of fused-ring (bicyclic) bond motifs is 5. The predicted octanol–water partition coefficient (Wildman–Crippen LogP) is 7.17. The first-order valence-electron chi connectivity index (χ1n) is 20.1. The fraction of sp³-hybridized carbons (Fsp3) is 0.595. The van der Waals surface area contributed by atoms with E-state index in [2.05, 4.69) is 9.88 Å². The van der Waals surface area contributed by atoms with Crippen LogP contribution in [0, 0.1) is 17.0 Å². The van der Waals surface area contributed by atoms with Crippen LogP contribution in [0.1, 0.15) is 78.6 Å². The average Bonchev–Trinajstić information content (AvgIpc) is 3.71. The number of aromatic nitrogens is 3. The van der Waals surface area contributed by atoms with E-state index >= 15 is 8.78 Å². The molecule has 11 nitrogen and oxygen atoms in total. The van der Waals surface area contributed by atoms with Crippen molar-refractivity contribution in [3.63, 3.8) is 0 Å². The van der Waals surface area contributed by atoms with Crippen LogP contribution in [0.4, 0.5) is 14.6 Å². The number of anilines is 1. The van der Waals surface area contributed by atoms with Gasteiger partial charge in [-0.25, -0.2) is 13.8 Å². The maximum Gasteiger partial charge on any atom is 0.319 e. The molecule has 2 aromatic heterocycles. The standard InChI is InChI=1S/C40H47F2N5O6.C2H6/c1-39(49)20-46(14-15-51-21-39)36-32-35(33(42)34(43-37(32)50-2)28-19-25(48)16-23-6-3-7-29(41)31(23)28)44-38(45-36)52-22-40-11-4-8-30(40)47(13-5-12-40)24-17-26-9-10-27(18-24)53-26;1-2/h3,6-7,16,19,24,26-27,30,48-49H,4-5,8-15,17-18,20-22H2,1-2H3;1-2H3. The Morgan fingerprint density at radius 1 is 0.982 bits per heavy atom. The Bertz CT molecular complexity index is 2040. The summed E-state index contributed by atoms with van der Waals surface area (Å²) in [4.78, 5) is 18.8. The van der Waals surface area contributed by atoms with Crippen molar-refractivity contribution in [2.24, 2.45) is 5.41 Å². The zero-order valence-corrected chi connectivity index (χ0v) is 32.3. The lowest BCUT2D eigenvalue weighted by Crippen LogP contribution is -2.57. The number of phenolic OH excluding ortho intramolecular Hbond substituents is 1. The summed E-state index contributed by atoms with van der Waals surface area (Å²) in [5.41, 5.74) is -1.61. The van der Waals surface area contributed by atoms with Crippen LogP contribution in [0.2, 0.25) is 0 Å². The maximum absolute atomic E-state index is 17.2. The Morgan fingerprint density at radius 2 is 1.76 bits per heavy atom. The van der Waals surface area contributed by atoms with Crippen LogP contribution in [0.25, 0.3) is 32.9 Å². The van der Waals surface area contributed by atoms with Crippen molar-refractivity contribution in [1.29, 1.82) is 0 Å². The lowest BCUT2D eigenvalue weighted by atomic mass is 9.74. The number of phenols is 1. The molecular formula is C42H53F2N5O6. The van der Waals surface area contributed by atoms with E-state index in [4.69, 9.17) is 28.9 Å². The van der Waals surface area contributed by atoms with Crippen molar-refractivity contribution < 1.29 is 37.9 Å². The molecule has 9 rings (SSSR count). The first-order valence-corrected chi connectivity index (χ1v) is 20.1. The van der Waals surface area contributed by atoms with Gasteiger partial charge in [0.2, 0.25) is 5.88 Å². The monoisotopic (exact) mass is 761 g/mol. The summed E-state index contributed by atoms with van der Waals surface area (Å²) in [6.07, 6.45) is 10.6. The van der Waals surface area contributed by atoms with Crippen molar-refractivity contribution in [2.75, 3.05) is 51.5 Å². The van der Waals surface area contributed by atoms with Crippen LogP contribution in [0.3, 0.4) is 0 Å². The number of nitrogens with zero attached hydrogens (tertiary/aromatic N) is 5. The summed E-state index contributed by atoms with van der Waals surface area (Å²) < 4.78 is 56.9. The second-order valence-electron chi connectivity index (χ2n) is 16.1. The summed E-state index contributed by atoms with van der Waals surface area (Å²) in [5, 5.41) is 22.5. The minimum absolute atomic E-state index is 0.00335. The van der Waals surface area contributed by atoms with Crippen molar-refractivity contribution in [2.45, 2.75) is 108 Å². The zero-order valence-electron chi connectivity index (χ0n) is 32.3. The largest absolute Gasteiger partial charge is 0.508 e. The molecule has 0 radical (unpaired) electrons. The smallest absolute Gasteiger partial charge is 0.319 e. The topological polar surface area (TPSA) is 123 Å². The molecule has 4 saturated heterocycles. The van der Waals surface area contributed by atoms with Crippen LogP contribution in [0.5, 0.6) is 17.6 Å². The maximum atomic E-state index is 17.2. The van der Waals surface area contributed by atoms with Gasteiger partial charge >= 0.3 is 6.01 Å². The Morgan fingerprint density at radius 3 is 2.55 bits per heavy atom. The molecule has 0 amide bonds. The number of hydrogen-bond donors (Lipinski definition) is 2. The van der Waals surface area contributed by atoms with E-state index in [-0.39, 0.29) is 63.8 Å². The molecule has 5 atom stereocenters. The number of likely N-dealkylation sites (tertiary alicyclic amines) is 1. The number of pyridine rings is 1. The quantitative estimate of drug-likeness (QED) is 0.199. The van der Waals surface area contributed by atoms with Gasteiger partial charge in [-0.2, -0.15) is 9.97 Å². The number of halogens is 2. The molecule has 55 heavy (non-hydrogen) atoms. The fourth-order valence-corrected chi connectivity index (χ4v) is 10.1. The SMILES string of the molecule is CC.COc1nc(-c2cc(O)cc3cccc(F)c23)c(F)c2nc(OCC34CCCC3N(C3CC5CCC(C3)O5)CCC4)nc(N3CCOCC(C)(O)C3)c12. The lowest BCUT2D eigenvalue weighted by molar-refractivity contribution is -0.0798. The highest BCUT2D eigenvalue weighted by atomic mass is 19.1. The van der Waals surface area contributed by atoms with Gasteiger partial charge in [0, 0.05) is 35.0 Å². The molecule has 296 valence electrons. The van der Waals surface area contributed by atoms with Gasteiger partial charge in [0.25, 0.3) is 0 Å². The van der Waals surface area contributed by atoms with E-state index in [1.165, 1.54) is 31.4 Å². The first-order chi connectivity index (χ1) is 26.6. The predicted molar refractivity (Wildman–Crippen MR) is 206 cm³/mol. The summed E-state index contributed by atoms with van der Waals surface area (Å²) in [5.74, 6) is -1.29. The summed E-state index contributed by atoms with van der Waals surface area (Å²) in [7, 11) is 1.42. The second kappa shape index (κ2) is 15.2. The number of aromatic hydroxyl groups is 1. The van der Waals surface area contributed by atoms with E-state index in [9.17, 15) is 10.2 Å². The third-order valence-corrected chi connectivity index (χ3v) is 12.4. The summed E-state index contributed by atoms with van der Waals surface area (Å²) in [6, 6.07) is 8.06. The number of ether oxygens (including phenoxy) is 4. The fourth-order valence-electron chi connectivity index (χ4n) is 10.1. The molecule has 4 aromatic rings. The van der Waals surface area contributed by atoms with E-state index in [0.29, 0.717) is 55.3 Å². The second-order valence-corrected chi connectivity index (χ2v) is 16.1. The third kappa shape index (κ3) is 7.06. The highest BCUT2D eigenvalue weighted by molar-refractivity contribution is 6.02. The molecule has 5 fully saturated rings. The molecule has 6 heterocycles. The van der Waals surface area contributed by atoms with Crippen molar-refractivity contribution in [3.8, 4) is 28.9 Å². The number of benzene rings is 2. The normalized spacial score (nSPS) is 29.5. The Kier molecular flexibility index (Phi) is 10.5. The summed E-state index contributed by atoms with van der Waals surface area (Å²) >= 11 is 0. The number of rotatable bonds is 7. The number of β-amino-alcohol motifs (C(OH)–C–C–N with tert-alkyl or cyclic N) is 1. The Labute approximate surface area is 321 Å². The van der Waals surface area contributed by atoms with Gasteiger partial charge in [0.15, 0.2) is 5.82 Å². The number of piperidine rings is 1. The van der Waals surface area contributed by atoms with Crippen LogP contribution in [-0.2, 0) is 9.47 Å². The molecule has 5 unspecified atom stereocenters. The van der Waals surface area contributed by atoms with Crippen molar-refractivity contribution >= 4 is 27.5 Å². The van der Waals surface area contributed by atoms with E-state index in [0.717, 1.165) is 64.3 Å². The van der Waals surface area contributed by atoms with Gasteiger partial charge < -0.3 is 34.1 Å². The van der Waals surface area contributed by atoms with Gasteiger partial charge in [-0.1, -0.05) is 32.4 Å². The van der Waals surface area contributed by atoms with Crippen molar-refractivity contribution in [3.05, 3.63) is 42.0 Å². The summed E-state index contributed by atoms with van der Waals surface area (Å²) in [6.45, 7) is 8.06.